The second-order valence-corrected chi connectivity index (χ2v) is 6.52. The van der Waals surface area contributed by atoms with E-state index in [2.05, 4.69) is 23.2 Å². The Morgan fingerprint density at radius 2 is 2.12 bits per heavy atom. The average molecular weight is 255 g/mol. The van der Waals surface area contributed by atoms with Crippen LogP contribution in [0.25, 0.3) is 0 Å². The van der Waals surface area contributed by atoms with Crippen LogP contribution in [-0.2, 0) is 0 Å². The fraction of sp³-hybridized carbons (Fsp3) is 0.857. The summed E-state index contributed by atoms with van der Waals surface area (Å²) < 4.78 is 0. The highest BCUT2D eigenvalue weighted by molar-refractivity contribution is 6.25. The summed E-state index contributed by atoms with van der Waals surface area (Å²) in [6.45, 7) is 5.80. The zero-order chi connectivity index (χ0) is 11.9. The van der Waals surface area contributed by atoms with E-state index in [9.17, 15) is 0 Å². The van der Waals surface area contributed by atoms with Gasteiger partial charge in [-0.15, -0.1) is 0 Å². The largest absolute Gasteiger partial charge is 0.308 e. The number of nitrogens with zero attached hydrogens (tertiary/aromatic N) is 1. The van der Waals surface area contributed by atoms with Crippen LogP contribution in [0.5, 0.6) is 0 Å². The third kappa shape index (κ3) is 2.54. The monoisotopic (exact) mass is 254 g/mol. The maximum Gasteiger partial charge on any atom is 0.0309 e. The molecular weight excluding hydrogens is 232 g/mol. The number of hydrogen-bond acceptors (Lipinski definition) is 2. The first-order valence-corrected chi connectivity index (χ1v) is 7.41. The lowest BCUT2D eigenvalue weighted by Gasteiger charge is -2.46. The fourth-order valence-corrected chi connectivity index (χ4v) is 3.46. The van der Waals surface area contributed by atoms with E-state index in [1.807, 2.05) is 0 Å². The van der Waals surface area contributed by atoms with E-state index in [-0.39, 0.29) is 0 Å². The zero-order valence-electron chi connectivity index (χ0n) is 10.7. The Hall–Kier alpha value is -0.0500. The Labute approximate surface area is 109 Å². The van der Waals surface area contributed by atoms with Crippen molar-refractivity contribution in [1.29, 1.82) is 0 Å². The van der Waals surface area contributed by atoms with Crippen molar-refractivity contribution in [3.63, 3.8) is 0 Å². The van der Waals surface area contributed by atoms with E-state index >= 15 is 0 Å². The first-order chi connectivity index (χ1) is 8.23. The molecule has 3 heteroatoms. The molecule has 3 rings (SSSR count). The van der Waals surface area contributed by atoms with Crippen LogP contribution < -0.4 is 5.32 Å². The van der Waals surface area contributed by atoms with Gasteiger partial charge < -0.3 is 5.32 Å². The van der Waals surface area contributed by atoms with Gasteiger partial charge in [0.1, 0.15) is 0 Å². The lowest BCUT2D eigenvalue weighted by Crippen LogP contribution is -2.64. The molecule has 17 heavy (non-hydrogen) atoms. The first kappa shape index (κ1) is 12.0. The molecule has 2 unspecified atom stereocenters. The molecule has 2 saturated carbocycles. The molecule has 0 bridgehead atoms. The minimum absolute atomic E-state index is 0.353. The third-order valence-corrected chi connectivity index (χ3v) is 4.97. The van der Waals surface area contributed by atoms with Crippen LogP contribution in [0.3, 0.4) is 0 Å². The zero-order valence-corrected chi connectivity index (χ0v) is 11.4. The minimum Gasteiger partial charge on any atom is -0.308 e. The van der Waals surface area contributed by atoms with Gasteiger partial charge in [-0.1, -0.05) is 17.7 Å². The van der Waals surface area contributed by atoms with Crippen LogP contribution in [-0.4, -0.2) is 36.1 Å². The van der Waals surface area contributed by atoms with Crippen molar-refractivity contribution < 1.29 is 0 Å². The summed E-state index contributed by atoms with van der Waals surface area (Å²) in [5.74, 6) is 1.85. The molecule has 1 N–H and O–H groups in total. The molecule has 2 atom stereocenters. The van der Waals surface area contributed by atoms with E-state index in [0.29, 0.717) is 5.54 Å². The Morgan fingerprint density at radius 3 is 2.71 bits per heavy atom. The number of rotatable bonds is 4. The van der Waals surface area contributed by atoms with Gasteiger partial charge in [-0.25, -0.2) is 0 Å². The van der Waals surface area contributed by atoms with Crippen LogP contribution >= 0.6 is 11.6 Å². The Kier molecular flexibility index (Phi) is 3.22. The number of hydrogen-bond donors (Lipinski definition) is 1. The second-order valence-electron chi connectivity index (χ2n) is 6.27. The van der Waals surface area contributed by atoms with Crippen molar-refractivity contribution in [2.75, 3.05) is 19.6 Å². The molecule has 0 aromatic carbocycles. The highest BCUT2D eigenvalue weighted by Gasteiger charge is 2.48. The highest BCUT2D eigenvalue weighted by atomic mass is 35.5. The Balaban J connectivity index is 1.68. The number of halogens is 1. The number of piperazine rings is 1. The lowest BCUT2D eigenvalue weighted by molar-refractivity contribution is 0.0745. The topological polar surface area (TPSA) is 15.3 Å². The smallest absolute Gasteiger partial charge is 0.0309 e. The fourth-order valence-electron chi connectivity index (χ4n) is 3.38. The van der Waals surface area contributed by atoms with Crippen LogP contribution in [0, 0.1) is 11.8 Å². The predicted octanol–water partition coefficient (Wildman–Crippen LogP) is 2.59. The van der Waals surface area contributed by atoms with Crippen molar-refractivity contribution in [3.8, 4) is 0 Å². The van der Waals surface area contributed by atoms with Crippen LogP contribution in [0.4, 0.5) is 0 Å². The van der Waals surface area contributed by atoms with E-state index in [0.717, 1.165) is 24.4 Å². The summed E-state index contributed by atoms with van der Waals surface area (Å²) in [6, 6.07) is 0.745. The number of nitrogens with one attached hydrogen (secondary N) is 1. The van der Waals surface area contributed by atoms with Crippen molar-refractivity contribution in [2.45, 2.75) is 44.2 Å². The normalized spacial score (nSPS) is 40.0. The minimum atomic E-state index is 0.353. The van der Waals surface area contributed by atoms with Gasteiger partial charge in [0.05, 0.1) is 0 Å². The molecule has 0 spiro atoms. The molecule has 1 heterocycles. The van der Waals surface area contributed by atoms with E-state index in [4.69, 9.17) is 11.6 Å². The molecule has 96 valence electrons. The Morgan fingerprint density at radius 1 is 1.35 bits per heavy atom. The molecule has 0 aromatic rings. The van der Waals surface area contributed by atoms with E-state index < -0.39 is 0 Å². The summed E-state index contributed by atoms with van der Waals surface area (Å²) in [5, 5.41) is 3.84. The summed E-state index contributed by atoms with van der Waals surface area (Å²) in [6.07, 6.45) is 7.77. The second kappa shape index (κ2) is 4.56. The highest BCUT2D eigenvalue weighted by Crippen LogP contribution is 2.44. The molecule has 0 amide bonds. The lowest BCUT2D eigenvalue weighted by atomic mass is 9.90. The van der Waals surface area contributed by atoms with Crippen molar-refractivity contribution in [3.05, 3.63) is 11.6 Å². The van der Waals surface area contributed by atoms with Crippen molar-refractivity contribution >= 4 is 11.6 Å². The van der Waals surface area contributed by atoms with Crippen molar-refractivity contribution in [2.24, 2.45) is 11.8 Å². The van der Waals surface area contributed by atoms with Crippen LogP contribution in [0.15, 0.2) is 11.6 Å². The first-order valence-electron chi connectivity index (χ1n) is 6.97. The molecule has 0 radical (unpaired) electrons. The molecular formula is C14H23ClN2. The molecule has 2 nitrogen and oxygen atoms in total. The summed E-state index contributed by atoms with van der Waals surface area (Å²) >= 11 is 5.69. The molecule has 2 aliphatic carbocycles. The molecule has 3 fully saturated rings. The van der Waals surface area contributed by atoms with Gasteiger partial charge in [-0.2, -0.15) is 0 Å². The Bertz CT molecular complexity index is 309. The van der Waals surface area contributed by atoms with Gasteiger partial charge >= 0.3 is 0 Å². The van der Waals surface area contributed by atoms with Gasteiger partial charge in [-0.05, 0) is 44.4 Å². The quantitative estimate of drug-likeness (QED) is 0.830. The predicted molar refractivity (Wildman–Crippen MR) is 72.2 cm³/mol. The molecule has 1 aliphatic heterocycles. The standard InChI is InChI=1S/C14H23ClN2/c1-14(12-5-6-12)10-17(8-2-7-15)13(9-16-14)11-3-4-11/h2,7,11-13,16H,3-6,8-10H2,1H3/b7-2+. The molecule has 1 saturated heterocycles. The molecule has 3 aliphatic rings. The third-order valence-electron chi connectivity index (χ3n) is 4.79. The van der Waals surface area contributed by atoms with Gasteiger partial charge in [0.25, 0.3) is 0 Å². The maximum absolute atomic E-state index is 5.69. The molecule has 0 aromatic heterocycles. The van der Waals surface area contributed by atoms with Gasteiger partial charge in [0.2, 0.25) is 0 Å². The van der Waals surface area contributed by atoms with Gasteiger partial charge in [-0.3, -0.25) is 4.90 Å². The van der Waals surface area contributed by atoms with Gasteiger partial charge in [0, 0.05) is 36.8 Å². The van der Waals surface area contributed by atoms with E-state index in [1.54, 1.807) is 5.54 Å². The van der Waals surface area contributed by atoms with Crippen LogP contribution in [0.2, 0.25) is 0 Å². The average Bonchev–Trinajstić information content (AvgIpc) is 3.19. The van der Waals surface area contributed by atoms with Crippen molar-refractivity contribution in [1.82, 2.24) is 10.2 Å². The summed E-state index contributed by atoms with van der Waals surface area (Å²) in [5.41, 5.74) is 2.02. The van der Waals surface area contributed by atoms with Crippen LogP contribution in [0.1, 0.15) is 32.6 Å². The summed E-state index contributed by atoms with van der Waals surface area (Å²) in [7, 11) is 0. The maximum atomic E-state index is 5.69. The summed E-state index contributed by atoms with van der Waals surface area (Å²) in [4.78, 5) is 2.66. The van der Waals surface area contributed by atoms with E-state index in [1.165, 1.54) is 38.8 Å². The SMILES string of the molecule is CC1(C2CC2)CN(C/C=C/Cl)C(C2CC2)CN1. The van der Waals surface area contributed by atoms with Gasteiger partial charge in [0.15, 0.2) is 0 Å².